The number of halogens is 1. The van der Waals surface area contributed by atoms with Crippen LogP contribution in [-0.2, 0) is 14.6 Å². The molecule has 1 rings (SSSR count). The summed E-state index contributed by atoms with van der Waals surface area (Å²) in [5.41, 5.74) is 0.446. The SMILES string of the molecule is CCS(=O)(=O)c1ccc(C(=O)NCCNCCOC)cc1.Cl. The summed E-state index contributed by atoms with van der Waals surface area (Å²) in [7, 11) is -1.59. The third-order valence-corrected chi connectivity index (χ3v) is 4.68. The molecule has 8 heteroatoms. The van der Waals surface area contributed by atoms with Crippen LogP contribution in [0.3, 0.4) is 0 Å². The molecule has 2 N–H and O–H groups in total. The second-order valence-electron chi connectivity index (χ2n) is 4.43. The van der Waals surface area contributed by atoms with Crippen LogP contribution in [0.15, 0.2) is 29.2 Å². The van der Waals surface area contributed by atoms with Crippen LogP contribution in [0.4, 0.5) is 0 Å². The molecule has 0 saturated carbocycles. The van der Waals surface area contributed by atoms with E-state index >= 15 is 0 Å². The average molecular weight is 351 g/mol. The van der Waals surface area contributed by atoms with Crippen LogP contribution in [-0.4, -0.2) is 53.4 Å². The summed E-state index contributed by atoms with van der Waals surface area (Å²) in [5.74, 6) is -0.171. The zero-order chi connectivity index (χ0) is 15.7. The summed E-state index contributed by atoms with van der Waals surface area (Å²) in [5, 5.41) is 5.87. The van der Waals surface area contributed by atoms with Gasteiger partial charge in [-0.25, -0.2) is 8.42 Å². The van der Waals surface area contributed by atoms with E-state index in [9.17, 15) is 13.2 Å². The monoisotopic (exact) mass is 350 g/mol. The molecule has 0 radical (unpaired) electrons. The van der Waals surface area contributed by atoms with Crippen molar-refractivity contribution in [1.82, 2.24) is 10.6 Å². The van der Waals surface area contributed by atoms with Gasteiger partial charge in [0.2, 0.25) is 0 Å². The lowest BCUT2D eigenvalue weighted by molar-refractivity contribution is 0.0953. The van der Waals surface area contributed by atoms with E-state index in [-0.39, 0.29) is 29.0 Å². The Morgan fingerprint density at radius 2 is 1.77 bits per heavy atom. The van der Waals surface area contributed by atoms with Gasteiger partial charge in [0.1, 0.15) is 0 Å². The number of carbonyl (C=O) groups is 1. The van der Waals surface area contributed by atoms with Crippen molar-refractivity contribution in [2.75, 3.05) is 39.1 Å². The van der Waals surface area contributed by atoms with Gasteiger partial charge in [0.15, 0.2) is 9.84 Å². The van der Waals surface area contributed by atoms with Gasteiger partial charge in [0.25, 0.3) is 5.91 Å². The number of nitrogens with one attached hydrogen (secondary N) is 2. The van der Waals surface area contributed by atoms with Gasteiger partial charge in [-0.15, -0.1) is 12.4 Å². The number of sulfone groups is 1. The maximum absolute atomic E-state index is 11.9. The largest absolute Gasteiger partial charge is 0.383 e. The van der Waals surface area contributed by atoms with Crippen LogP contribution >= 0.6 is 12.4 Å². The van der Waals surface area contributed by atoms with Crippen molar-refractivity contribution in [2.24, 2.45) is 0 Å². The van der Waals surface area contributed by atoms with Crippen molar-refractivity contribution in [3.05, 3.63) is 29.8 Å². The van der Waals surface area contributed by atoms with Crippen molar-refractivity contribution in [3.63, 3.8) is 0 Å². The molecule has 1 aromatic carbocycles. The van der Waals surface area contributed by atoms with Crippen molar-refractivity contribution >= 4 is 28.2 Å². The average Bonchev–Trinajstić information content (AvgIpc) is 2.50. The second-order valence-corrected chi connectivity index (χ2v) is 6.70. The third kappa shape index (κ3) is 6.74. The van der Waals surface area contributed by atoms with E-state index in [2.05, 4.69) is 10.6 Å². The summed E-state index contributed by atoms with van der Waals surface area (Å²) in [6, 6.07) is 5.97. The summed E-state index contributed by atoms with van der Waals surface area (Å²) in [4.78, 5) is 12.1. The molecule has 0 aliphatic heterocycles. The van der Waals surface area contributed by atoms with Crippen LogP contribution in [0.1, 0.15) is 17.3 Å². The Hall–Kier alpha value is -1.15. The summed E-state index contributed by atoms with van der Waals surface area (Å²) in [6.07, 6.45) is 0. The number of benzene rings is 1. The highest BCUT2D eigenvalue weighted by Crippen LogP contribution is 2.12. The first-order valence-electron chi connectivity index (χ1n) is 6.82. The van der Waals surface area contributed by atoms with Gasteiger partial charge >= 0.3 is 0 Å². The lowest BCUT2D eigenvalue weighted by Gasteiger charge is -2.07. The molecule has 0 bridgehead atoms. The maximum Gasteiger partial charge on any atom is 0.251 e. The van der Waals surface area contributed by atoms with E-state index in [1.165, 1.54) is 24.3 Å². The predicted octanol–water partition coefficient (Wildman–Crippen LogP) is 0.868. The van der Waals surface area contributed by atoms with Gasteiger partial charge in [-0.05, 0) is 24.3 Å². The predicted molar refractivity (Wildman–Crippen MR) is 88.5 cm³/mol. The molecule has 0 aliphatic rings. The Kier molecular flexibility index (Phi) is 10.0. The molecule has 0 aliphatic carbocycles. The molecule has 0 saturated heterocycles. The lowest BCUT2D eigenvalue weighted by atomic mass is 10.2. The van der Waals surface area contributed by atoms with Crippen LogP contribution in [0.5, 0.6) is 0 Å². The fraction of sp³-hybridized carbons (Fsp3) is 0.500. The summed E-state index contributed by atoms with van der Waals surface area (Å²) < 4.78 is 28.2. The van der Waals surface area contributed by atoms with Crippen molar-refractivity contribution < 1.29 is 17.9 Å². The van der Waals surface area contributed by atoms with Gasteiger partial charge in [-0.2, -0.15) is 0 Å². The standard InChI is InChI=1S/C14H22N2O4S.ClH/c1-3-21(18,19)13-6-4-12(5-7-13)14(17)16-9-8-15-10-11-20-2;/h4-7,15H,3,8-11H2,1-2H3,(H,16,17);1H. The van der Waals surface area contributed by atoms with Crippen molar-refractivity contribution in [2.45, 2.75) is 11.8 Å². The number of carbonyl (C=O) groups excluding carboxylic acids is 1. The smallest absolute Gasteiger partial charge is 0.251 e. The molecule has 0 spiro atoms. The van der Waals surface area contributed by atoms with E-state index in [1.807, 2.05) is 0 Å². The molecule has 0 aromatic heterocycles. The highest BCUT2D eigenvalue weighted by atomic mass is 35.5. The molecule has 1 aromatic rings. The first kappa shape index (κ1) is 20.9. The van der Waals surface area contributed by atoms with E-state index in [0.717, 1.165) is 6.54 Å². The van der Waals surface area contributed by atoms with E-state index in [1.54, 1.807) is 14.0 Å². The maximum atomic E-state index is 11.9. The zero-order valence-corrected chi connectivity index (χ0v) is 14.4. The quantitative estimate of drug-likeness (QED) is 0.645. The minimum absolute atomic E-state index is 0. The first-order chi connectivity index (χ1) is 10.0. The molecular formula is C14H23ClN2O4S. The topological polar surface area (TPSA) is 84.5 Å². The highest BCUT2D eigenvalue weighted by molar-refractivity contribution is 7.91. The van der Waals surface area contributed by atoms with Crippen LogP contribution in [0.2, 0.25) is 0 Å². The summed E-state index contributed by atoms with van der Waals surface area (Å²) >= 11 is 0. The van der Waals surface area contributed by atoms with Gasteiger partial charge in [0.05, 0.1) is 17.3 Å². The number of hydrogen-bond donors (Lipinski definition) is 2. The molecular weight excluding hydrogens is 328 g/mol. The summed E-state index contributed by atoms with van der Waals surface area (Å²) in [6.45, 7) is 4.10. The molecule has 6 nitrogen and oxygen atoms in total. The van der Waals surface area contributed by atoms with Crippen molar-refractivity contribution in [1.29, 1.82) is 0 Å². The molecule has 0 atom stereocenters. The Balaban J connectivity index is 0.00000441. The molecule has 0 fully saturated rings. The Labute approximate surface area is 138 Å². The Morgan fingerprint density at radius 1 is 1.14 bits per heavy atom. The van der Waals surface area contributed by atoms with Crippen molar-refractivity contribution in [3.8, 4) is 0 Å². The zero-order valence-electron chi connectivity index (χ0n) is 12.8. The number of rotatable bonds is 9. The molecule has 126 valence electrons. The number of ether oxygens (including phenoxy) is 1. The minimum atomic E-state index is -3.22. The normalized spacial score (nSPS) is 10.8. The Morgan fingerprint density at radius 3 is 2.32 bits per heavy atom. The van der Waals surface area contributed by atoms with E-state index in [0.29, 0.717) is 25.3 Å². The number of amides is 1. The fourth-order valence-corrected chi connectivity index (χ4v) is 2.53. The molecule has 1 amide bonds. The lowest BCUT2D eigenvalue weighted by Crippen LogP contribution is -2.33. The third-order valence-electron chi connectivity index (χ3n) is 2.93. The fourth-order valence-electron chi connectivity index (χ4n) is 1.65. The van der Waals surface area contributed by atoms with Gasteiger partial charge < -0.3 is 15.4 Å². The highest BCUT2D eigenvalue weighted by Gasteiger charge is 2.12. The van der Waals surface area contributed by atoms with Crippen LogP contribution in [0.25, 0.3) is 0 Å². The van der Waals surface area contributed by atoms with E-state index in [4.69, 9.17) is 4.74 Å². The minimum Gasteiger partial charge on any atom is -0.383 e. The molecule has 0 unspecified atom stereocenters. The molecule has 22 heavy (non-hydrogen) atoms. The number of hydrogen-bond acceptors (Lipinski definition) is 5. The van der Waals surface area contributed by atoms with Crippen LogP contribution < -0.4 is 10.6 Å². The van der Waals surface area contributed by atoms with Gasteiger partial charge in [-0.3, -0.25) is 4.79 Å². The number of methoxy groups -OCH3 is 1. The Bertz CT molecular complexity index is 546. The van der Waals surface area contributed by atoms with E-state index < -0.39 is 9.84 Å². The second kappa shape index (κ2) is 10.6. The van der Waals surface area contributed by atoms with Gasteiger partial charge in [-0.1, -0.05) is 6.92 Å². The van der Waals surface area contributed by atoms with Gasteiger partial charge in [0, 0.05) is 32.3 Å². The molecule has 0 heterocycles. The van der Waals surface area contributed by atoms with Crippen LogP contribution in [0, 0.1) is 0 Å². The first-order valence-corrected chi connectivity index (χ1v) is 8.47.